The quantitative estimate of drug-likeness (QED) is 0.540. The first-order valence-electron chi connectivity index (χ1n) is 9.97. The number of phenols is 1. The summed E-state index contributed by atoms with van der Waals surface area (Å²) in [6, 6.07) is 8.31. The van der Waals surface area contributed by atoms with E-state index in [1.165, 1.54) is 12.1 Å². The van der Waals surface area contributed by atoms with Gasteiger partial charge in [0.05, 0.1) is 18.2 Å². The van der Waals surface area contributed by atoms with Gasteiger partial charge in [0, 0.05) is 25.2 Å². The Morgan fingerprint density at radius 2 is 1.90 bits per heavy atom. The van der Waals surface area contributed by atoms with Gasteiger partial charge in [0.2, 0.25) is 0 Å². The first-order valence-corrected chi connectivity index (χ1v) is 9.97. The number of hydrogen-bond donors (Lipinski definition) is 1. The molecule has 2 aromatic heterocycles. The van der Waals surface area contributed by atoms with Crippen LogP contribution in [-0.2, 0) is 19.4 Å². The number of fused-ring (bicyclic) bond motifs is 2. The average Bonchev–Trinajstić information content (AvgIpc) is 3.29. The predicted octanol–water partition coefficient (Wildman–Crippen LogP) is 4.14. The maximum Gasteiger partial charge on any atom is 0.258 e. The largest absolute Gasteiger partial charge is 0.505 e. The fraction of sp³-hybridized carbons (Fsp3) is 0.208. The van der Waals surface area contributed by atoms with Crippen LogP contribution < -0.4 is 0 Å². The van der Waals surface area contributed by atoms with E-state index in [-0.39, 0.29) is 17.5 Å². The summed E-state index contributed by atoms with van der Waals surface area (Å²) in [6.45, 7) is 2.23. The number of aromatic nitrogens is 2. The summed E-state index contributed by atoms with van der Waals surface area (Å²) >= 11 is 0. The maximum absolute atomic E-state index is 13.2. The average molecular weight is 417 g/mol. The van der Waals surface area contributed by atoms with Crippen molar-refractivity contribution >= 4 is 16.8 Å². The molecule has 1 aliphatic heterocycles. The monoisotopic (exact) mass is 417 g/mol. The lowest BCUT2D eigenvalue weighted by molar-refractivity contribution is 0.0814. The number of rotatable bonds is 4. The summed E-state index contributed by atoms with van der Waals surface area (Å²) in [5.74, 6) is 0.644. The van der Waals surface area contributed by atoms with Gasteiger partial charge in [0.1, 0.15) is 17.1 Å². The molecule has 0 bridgehead atoms. The van der Waals surface area contributed by atoms with Crippen LogP contribution in [0.15, 0.2) is 47.1 Å². The molecule has 7 heteroatoms. The molecule has 0 atom stereocenters. The molecule has 4 aromatic rings. The Balaban J connectivity index is 1.68. The van der Waals surface area contributed by atoms with Crippen LogP contribution in [0.2, 0.25) is 0 Å². The summed E-state index contributed by atoms with van der Waals surface area (Å²) in [5, 5.41) is 11.6. The highest BCUT2D eigenvalue weighted by Gasteiger charge is 2.33. The van der Waals surface area contributed by atoms with Gasteiger partial charge < -0.3 is 14.4 Å². The molecule has 5 rings (SSSR count). The number of halogens is 1. The van der Waals surface area contributed by atoms with Crippen LogP contribution in [0.5, 0.6) is 5.75 Å². The van der Waals surface area contributed by atoms with Gasteiger partial charge in [-0.15, -0.1) is 0 Å². The van der Waals surface area contributed by atoms with Gasteiger partial charge in [0.25, 0.3) is 5.91 Å². The van der Waals surface area contributed by atoms with Gasteiger partial charge in [0.15, 0.2) is 11.6 Å². The number of oxazole rings is 1. The Bertz CT molecular complexity index is 1330. The van der Waals surface area contributed by atoms with E-state index >= 15 is 0 Å². The van der Waals surface area contributed by atoms with Crippen molar-refractivity contribution < 1.29 is 18.7 Å². The van der Waals surface area contributed by atoms with Crippen LogP contribution in [0.4, 0.5) is 4.39 Å². The molecular weight excluding hydrogens is 397 g/mol. The zero-order valence-corrected chi connectivity index (χ0v) is 17.1. The summed E-state index contributed by atoms with van der Waals surface area (Å²) in [7, 11) is 1.71. The molecule has 0 fully saturated rings. The summed E-state index contributed by atoms with van der Waals surface area (Å²) in [6.07, 6.45) is 4.29. The Morgan fingerprint density at radius 3 is 2.61 bits per heavy atom. The van der Waals surface area contributed by atoms with E-state index in [4.69, 9.17) is 4.42 Å². The lowest BCUT2D eigenvalue weighted by Gasteiger charge is -2.13. The van der Waals surface area contributed by atoms with Crippen molar-refractivity contribution in [1.82, 2.24) is 14.9 Å². The lowest BCUT2D eigenvalue weighted by Crippen LogP contribution is -2.17. The van der Waals surface area contributed by atoms with E-state index in [0.29, 0.717) is 42.1 Å². The number of amides is 1. The summed E-state index contributed by atoms with van der Waals surface area (Å²) in [5.41, 5.74) is 4.19. The van der Waals surface area contributed by atoms with E-state index in [9.17, 15) is 14.3 Å². The molecule has 31 heavy (non-hydrogen) atoms. The van der Waals surface area contributed by atoms with Crippen molar-refractivity contribution in [3.05, 3.63) is 88.0 Å². The molecule has 1 aliphatic rings. The molecule has 0 spiro atoms. The fourth-order valence-electron chi connectivity index (χ4n) is 4.18. The van der Waals surface area contributed by atoms with Crippen molar-refractivity contribution in [1.29, 1.82) is 0 Å². The minimum absolute atomic E-state index is 0.0972. The van der Waals surface area contributed by atoms with Crippen molar-refractivity contribution in [2.45, 2.75) is 26.3 Å². The van der Waals surface area contributed by atoms with Gasteiger partial charge in [-0.05, 0) is 53.8 Å². The van der Waals surface area contributed by atoms with Gasteiger partial charge in [-0.3, -0.25) is 9.78 Å². The number of carbonyl (C=O) groups is 1. The molecule has 0 saturated heterocycles. The Morgan fingerprint density at radius 1 is 1.13 bits per heavy atom. The van der Waals surface area contributed by atoms with Crippen LogP contribution in [0.1, 0.15) is 44.3 Å². The van der Waals surface area contributed by atoms with Crippen LogP contribution >= 0.6 is 0 Å². The maximum atomic E-state index is 13.2. The third-order valence-electron chi connectivity index (χ3n) is 5.67. The molecule has 2 aromatic carbocycles. The van der Waals surface area contributed by atoms with E-state index in [1.807, 2.05) is 13.0 Å². The fourth-order valence-corrected chi connectivity index (χ4v) is 4.18. The number of phenolic OH excluding ortho intramolecular Hbond substituents is 1. The first-order chi connectivity index (χ1) is 14.9. The van der Waals surface area contributed by atoms with Crippen molar-refractivity contribution in [2.24, 2.45) is 0 Å². The summed E-state index contributed by atoms with van der Waals surface area (Å²) < 4.78 is 18.9. The molecule has 3 heterocycles. The topological polar surface area (TPSA) is 79.5 Å². The van der Waals surface area contributed by atoms with E-state index in [1.54, 1.807) is 36.5 Å². The van der Waals surface area contributed by atoms with Crippen molar-refractivity contribution in [3.63, 3.8) is 0 Å². The number of nitrogens with zero attached hydrogens (tertiary/aromatic N) is 3. The molecule has 0 aliphatic carbocycles. The first kappa shape index (κ1) is 19.2. The number of aromatic hydroxyl groups is 1. The zero-order valence-electron chi connectivity index (χ0n) is 17.1. The van der Waals surface area contributed by atoms with Crippen LogP contribution in [0.25, 0.3) is 10.9 Å². The molecule has 0 saturated carbocycles. The van der Waals surface area contributed by atoms with Crippen LogP contribution in [0.3, 0.4) is 0 Å². The number of benzene rings is 2. The number of hydrogen-bond acceptors (Lipinski definition) is 5. The van der Waals surface area contributed by atoms with Gasteiger partial charge in [-0.2, -0.15) is 0 Å². The third-order valence-corrected chi connectivity index (χ3v) is 5.67. The van der Waals surface area contributed by atoms with E-state index in [0.717, 1.165) is 27.6 Å². The predicted molar refractivity (Wildman–Crippen MR) is 112 cm³/mol. The summed E-state index contributed by atoms with van der Waals surface area (Å²) in [4.78, 5) is 23.1. The van der Waals surface area contributed by atoms with Gasteiger partial charge in [-0.25, -0.2) is 9.37 Å². The van der Waals surface area contributed by atoms with Crippen molar-refractivity contribution in [3.8, 4) is 5.75 Å². The molecule has 0 unspecified atom stereocenters. The minimum Gasteiger partial charge on any atom is -0.505 e. The number of aryl methyl sites for hydroxylation is 1. The van der Waals surface area contributed by atoms with Crippen LogP contribution in [-0.4, -0.2) is 32.9 Å². The second-order valence-corrected chi connectivity index (χ2v) is 7.93. The molecule has 156 valence electrons. The smallest absolute Gasteiger partial charge is 0.258 e. The molecule has 1 amide bonds. The third kappa shape index (κ3) is 3.32. The van der Waals surface area contributed by atoms with Gasteiger partial charge in [-0.1, -0.05) is 12.1 Å². The zero-order chi connectivity index (χ0) is 21.7. The number of carbonyl (C=O) groups excluding carboxylic acids is 1. The molecular formula is C24H20FN3O3. The van der Waals surface area contributed by atoms with Crippen LogP contribution in [0, 0.1) is 12.7 Å². The highest BCUT2D eigenvalue weighted by molar-refractivity contribution is 6.07. The minimum atomic E-state index is -0.279. The Hall–Kier alpha value is -3.74. The highest BCUT2D eigenvalue weighted by Crippen LogP contribution is 2.40. The van der Waals surface area contributed by atoms with E-state index in [2.05, 4.69) is 9.97 Å². The van der Waals surface area contributed by atoms with Gasteiger partial charge >= 0.3 is 0 Å². The second-order valence-electron chi connectivity index (χ2n) is 7.93. The molecule has 0 radical (unpaired) electrons. The normalized spacial score (nSPS) is 13.3. The molecule has 6 nitrogen and oxygen atoms in total. The number of pyridine rings is 1. The standard InChI is InChI=1S/C24H20FN3O3/c1-13-10-26-20(31-13)9-17-18-8-15(7-14-3-5-16(25)6-4-14)11-27-22(18)23(29)21-19(17)12-28(2)24(21)30/h3-6,8,10-11,29H,7,9,12H2,1-2H3. The Kier molecular flexibility index (Phi) is 4.46. The molecule has 1 N–H and O–H groups in total. The van der Waals surface area contributed by atoms with E-state index < -0.39 is 0 Å². The lowest BCUT2D eigenvalue weighted by atomic mass is 9.93. The highest BCUT2D eigenvalue weighted by atomic mass is 19.1. The second kappa shape index (κ2) is 7.19. The van der Waals surface area contributed by atoms with Crippen molar-refractivity contribution in [2.75, 3.05) is 7.05 Å². The SMILES string of the molecule is Cc1cnc(Cc2c3c(c(O)c4ncc(Cc5ccc(F)cc5)cc24)C(=O)N(C)C3)o1. The Labute approximate surface area is 178 Å².